The van der Waals surface area contributed by atoms with Gasteiger partial charge in [-0.1, -0.05) is 25.1 Å². The molecule has 0 heterocycles. The number of nitrogens with one attached hydrogen (secondary N) is 2. The lowest BCUT2D eigenvalue weighted by Crippen LogP contribution is -2.34. The molecule has 0 radical (unpaired) electrons. The maximum atomic E-state index is 12.7. The lowest BCUT2D eigenvalue weighted by Gasteiger charge is -2.09. The molecule has 0 aliphatic carbocycles. The molecule has 0 unspecified atom stereocenters. The van der Waals surface area contributed by atoms with E-state index in [2.05, 4.69) is 10.2 Å². The van der Waals surface area contributed by atoms with Crippen molar-refractivity contribution in [2.45, 2.75) is 19.8 Å². The van der Waals surface area contributed by atoms with Crippen molar-refractivity contribution in [3.63, 3.8) is 0 Å². The highest BCUT2D eigenvalue weighted by Gasteiger charge is 2.18. The minimum Gasteiger partial charge on any atom is -0.321 e. The molecule has 1 rings (SSSR count). The van der Waals surface area contributed by atoms with E-state index in [0.717, 1.165) is 6.07 Å². The number of benzene rings is 1. The maximum absolute atomic E-state index is 12.7. The number of amides is 2. The maximum Gasteiger partial charge on any atom is 0.431 e. The molecule has 5 nitrogen and oxygen atoms in total. The van der Waals surface area contributed by atoms with Crippen molar-refractivity contribution in [2.24, 2.45) is 0 Å². The Balaban J connectivity index is 2.61. The third-order valence-electron chi connectivity index (χ3n) is 2.20. The van der Waals surface area contributed by atoms with E-state index in [9.17, 15) is 18.4 Å². The number of hydrogen-bond donors (Lipinski definition) is 2. The van der Waals surface area contributed by atoms with Crippen LogP contribution in [0.3, 0.4) is 0 Å². The fourth-order valence-corrected chi connectivity index (χ4v) is 1.30. The second kappa shape index (κ2) is 7.30. The summed E-state index contributed by atoms with van der Waals surface area (Å²) in [4.78, 5) is 27.1. The molecule has 2 amide bonds. The Bertz CT molecular complexity index is 452. The summed E-state index contributed by atoms with van der Waals surface area (Å²) in [5.41, 5.74) is 1.16. The standard InChI is InChI=1S/C12H14F2N2O3/c1-2-7-15-12(18)19-16-11(17)9-6-4-3-5-8(9)10(13)14/h3-6,10H,2,7H2,1H3,(H,15,18)(H,16,17). The van der Waals surface area contributed by atoms with Crippen molar-refractivity contribution in [2.75, 3.05) is 6.54 Å². The molecule has 0 saturated carbocycles. The van der Waals surface area contributed by atoms with E-state index in [4.69, 9.17) is 0 Å². The first kappa shape index (κ1) is 14.9. The largest absolute Gasteiger partial charge is 0.431 e. The summed E-state index contributed by atoms with van der Waals surface area (Å²) < 4.78 is 25.3. The van der Waals surface area contributed by atoms with Crippen molar-refractivity contribution in [3.8, 4) is 0 Å². The molecule has 0 aliphatic rings. The fourth-order valence-electron chi connectivity index (χ4n) is 1.30. The average molecular weight is 272 g/mol. The molecule has 104 valence electrons. The van der Waals surface area contributed by atoms with E-state index < -0.39 is 24.0 Å². The van der Waals surface area contributed by atoms with Gasteiger partial charge in [0.15, 0.2) is 0 Å². The molecule has 0 fully saturated rings. The second-order valence-corrected chi connectivity index (χ2v) is 3.64. The number of rotatable bonds is 4. The molecule has 1 aromatic carbocycles. The van der Waals surface area contributed by atoms with Crippen molar-refractivity contribution in [3.05, 3.63) is 35.4 Å². The number of hydrogen-bond acceptors (Lipinski definition) is 3. The smallest absolute Gasteiger partial charge is 0.321 e. The van der Waals surface area contributed by atoms with Crippen LogP contribution in [0.4, 0.5) is 13.6 Å². The first-order valence-electron chi connectivity index (χ1n) is 5.68. The van der Waals surface area contributed by atoms with Crippen LogP contribution < -0.4 is 10.8 Å². The molecule has 19 heavy (non-hydrogen) atoms. The Morgan fingerprint density at radius 3 is 2.63 bits per heavy atom. The number of halogens is 2. The van der Waals surface area contributed by atoms with E-state index in [1.807, 2.05) is 12.4 Å². The normalized spacial score (nSPS) is 10.1. The second-order valence-electron chi connectivity index (χ2n) is 3.64. The molecule has 7 heteroatoms. The minimum absolute atomic E-state index is 0.235. The van der Waals surface area contributed by atoms with Crippen LogP contribution in [0.2, 0.25) is 0 Å². The molecule has 0 atom stereocenters. The molecule has 0 spiro atoms. The van der Waals surface area contributed by atoms with Gasteiger partial charge >= 0.3 is 6.09 Å². The van der Waals surface area contributed by atoms with Gasteiger partial charge in [-0.2, -0.15) is 5.48 Å². The summed E-state index contributed by atoms with van der Waals surface area (Å²) in [6.45, 7) is 2.24. The van der Waals surface area contributed by atoms with Crippen LogP contribution >= 0.6 is 0 Å². The van der Waals surface area contributed by atoms with E-state index in [1.54, 1.807) is 0 Å². The highest BCUT2D eigenvalue weighted by Crippen LogP contribution is 2.22. The predicted octanol–water partition coefficient (Wildman–Crippen LogP) is 2.41. The molecule has 0 aliphatic heterocycles. The van der Waals surface area contributed by atoms with E-state index in [-0.39, 0.29) is 5.56 Å². The number of carbonyl (C=O) groups is 2. The van der Waals surface area contributed by atoms with Gasteiger partial charge in [-0.15, -0.1) is 0 Å². The third kappa shape index (κ3) is 4.53. The highest BCUT2D eigenvalue weighted by atomic mass is 19.3. The van der Waals surface area contributed by atoms with Crippen LogP contribution in [0, 0.1) is 0 Å². The van der Waals surface area contributed by atoms with Crippen LogP contribution in [-0.4, -0.2) is 18.5 Å². The Hall–Kier alpha value is -2.18. The first-order chi connectivity index (χ1) is 9.06. The third-order valence-corrected chi connectivity index (χ3v) is 2.20. The predicted molar refractivity (Wildman–Crippen MR) is 63.6 cm³/mol. The van der Waals surface area contributed by atoms with Gasteiger partial charge in [-0.25, -0.2) is 13.6 Å². The van der Waals surface area contributed by atoms with Crippen molar-refractivity contribution in [1.29, 1.82) is 0 Å². The van der Waals surface area contributed by atoms with E-state index in [0.29, 0.717) is 13.0 Å². The lowest BCUT2D eigenvalue weighted by atomic mass is 10.1. The Kier molecular flexibility index (Phi) is 5.72. The van der Waals surface area contributed by atoms with Crippen molar-refractivity contribution < 1.29 is 23.2 Å². The topological polar surface area (TPSA) is 67.4 Å². The van der Waals surface area contributed by atoms with Crippen LogP contribution in [0.25, 0.3) is 0 Å². The van der Waals surface area contributed by atoms with Gasteiger partial charge in [0.2, 0.25) is 0 Å². The van der Waals surface area contributed by atoms with Gasteiger partial charge in [0.25, 0.3) is 12.3 Å². The summed E-state index contributed by atoms with van der Waals surface area (Å²) >= 11 is 0. The Morgan fingerprint density at radius 2 is 2.00 bits per heavy atom. The Morgan fingerprint density at radius 1 is 1.32 bits per heavy atom. The summed E-state index contributed by atoms with van der Waals surface area (Å²) in [6, 6.07) is 5.20. The molecule has 0 saturated heterocycles. The van der Waals surface area contributed by atoms with Gasteiger partial charge in [-0.3, -0.25) is 4.79 Å². The summed E-state index contributed by atoms with van der Waals surface area (Å²) in [5, 5.41) is 2.35. The number of alkyl halides is 2. The van der Waals surface area contributed by atoms with Gasteiger partial charge in [-0.05, 0) is 12.5 Å². The van der Waals surface area contributed by atoms with Crippen LogP contribution in [0.1, 0.15) is 35.7 Å². The summed E-state index contributed by atoms with van der Waals surface area (Å²) in [6.07, 6.45) is -2.92. The van der Waals surface area contributed by atoms with Crippen LogP contribution in [0.5, 0.6) is 0 Å². The Labute approximate surface area is 108 Å². The fraction of sp³-hybridized carbons (Fsp3) is 0.333. The summed E-state index contributed by atoms with van der Waals surface area (Å²) in [7, 11) is 0. The zero-order chi connectivity index (χ0) is 14.3. The molecular weight excluding hydrogens is 258 g/mol. The first-order valence-corrected chi connectivity index (χ1v) is 5.68. The van der Waals surface area contributed by atoms with E-state index in [1.165, 1.54) is 18.2 Å². The molecular formula is C12H14F2N2O3. The van der Waals surface area contributed by atoms with Gasteiger partial charge in [0.05, 0.1) is 5.56 Å². The number of carbonyl (C=O) groups excluding carboxylic acids is 2. The zero-order valence-corrected chi connectivity index (χ0v) is 10.3. The van der Waals surface area contributed by atoms with Gasteiger partial charge < -0.3 is 10.2 Å². The average Bonchev–Trinajstić information content (AvgIpc) is 2.42. The highest BCUT2D eigenvalue weighted by molar-refractivity contribution is 5.95. The van der Waals surface area contributed by atoms with Crippen molar-refractivity contribution >= 4 is 12.0 Å². The SMILES string of the molecule is CCCNC(=O)ONC(=O)c1ccccc1C(F)F. The minimum atomic E-state index is -2.78. The van der Waals surface area contributed by atoms with E-state index >= 15 is 0 Å². The van der Waals surface area contributed by atoms with Gasteiger partial charge in [0.1, 0.15) is 0 Å². The number of hydroxylamine groups is 1. The zero-order valence-electron chi connectivity index (χ0n) is 10.3. The van der Waals surface area contributed by atoms with Crippen molar-refractivity contribution in [1.82, 2.24) is 10.8 Å². The molecule has 0 bridgehead atoms. The molecule has 1 aromatic rings. The molecule has 2 N–H and O–H groups in total. The van der Waals surface area contributed by atoms with Gasteiger partial charge in [0, 0.05) is 12.1 Å². The summed E-state index contributed by atoms with van der Waals surface area (Å²) in [5.74, 6) is -0.900. The van der Waals surface area contributed by atoms with Crippen LogP contribution in [-0.2, 0) is 4.84 Å². The quantitative estimate of drug-likeness (QED) is 0.827. The molecule has 0 aromatic heterocycles. The lowest BCUT2D eigenvalue weighted by molar-refractivity contribution is 0.0565. The van der Waals surface area contributed by atoms with Crippen LogP contribution in [0.15, 0.2) is 24.3 Å². The monoisotopic (exact) mass is 272 g/mol.